The number of aliphatic hydroxyl groups is 1. The van der Waals surface area contributed by atoms with E-state index < -0.39 is 6.10 Å². The summed E-state index contributed by atoms with van der Waals surface area (Å²) in [5.74, 6) is 0.738. The number of benzene rings is 1. The van der Waals surface area contributed by atoms with E-state index in [1.165, 1.54) is 18.4 Å². The Morgan fingerprint density at radius 2 is 1.71 bits per heavy atom. The molecule has 0 radical (unpaired) electrons. The van der Waals surface area contributed by atoms with Crippen molar-refractivity contribution in [2.75, 3.05) is 6.54 Å². The van der Waals surface area contributed by atoms with Gasteiger partial charge in [0, 0.05) is 12.0 Å². The van der Waals surface area contributed by atoms with Crippen LogP contribution in [-0.4, -0.2) is 11.7 Å². The van der Waals surface area contributed by atoms with Crippen molar-refractivity contribution in [3.63, 3.8) is 0 Å². The van der Waals surface area contributed by atoms with Gasteiger partial charge in [-0.3, -0.25) is 0 Å². The Labute approximate surface area is 129 Å². The highest BCUT2D eigenvalue weighted by Gasteiger charge is 2.43. The van der Waals surface area contributed by atoms with Crippen LogP contribution in [0.1, 0.15) is 63.7 Å². The molecule has 1 atom stereocenters. The average Bonchev–Trinajstić information content (AvgIpc) is 2.46. The van der Waals surface area contributed by atoms with Crippen molar-refractivity contribution in [3.8, 4) is 0 Å². The predicted molar refractivity (Wildman–Crippen MR) is 89.0 cm³/mol. The molecule has 1 fully saturated rings. The lowest BCUT2D eigenvalue weighted by Crippen LogP contribution is -2.42. The molecule has 1 unspecified atom stereocenters. The van der Waals surface area contributed by atoms with E-state index in [1.54, 1.807) is 0 Å². The van der Waals surface area contributed by atoms with Gasteiger partial charge in [0.2, 0.25) is 0 Å². The Hall–Kier alpha value is -0.860. The van der Waals surface area contributed by atoms with Gasteiger partial charge in [-0.25, -0.2) is 0 Å². The average molecular weight is 289 g/mol. The minimum absolute atomic E-state index is 0.142. The van der Waals surface area contributed by atoms with Crippen LogP contribution in [0, 0.1) is 23.7 Å². The summed E-state index contributed by atoms with van der Waals surface area (Å²) in [6.07, 6.45) is 3.96. The van der Waals surface area contributed by atoms with Crippen LogP contribution in [0.4, 0.5) is 0 Å². The highest BCUT2D eigenvalue weighted by atomic mass is 16.3. The van der Waals surface area contributed by atoms with Gasteiger partial charge in [0.15, 0.2) is 0 Å². The molecule has 2 heteroatoms. The second-order valence-electron chi connectivity index (χ2n) is 8.02. The Morgan fingerprint density at radius 1 is 1.19 bits per heavy atom. The van der Waals surface area contributed by atoms with Gasteiger partial charge in [-0.2, -0.15) is 0 Å². The molecule has 1 aromatic carbocycles. The fourth-order valence-corrected chi connectivity index (χ4v) is 3.75. The van der Waals surface area contributed by atoms with Crippen LogP contribution in [-0.2, 0) is 0 Å². The molecule has 0 aliphatic heterocycles. The van der Waals surface area contributed by atoms with E-state index in [1.807, 2.05) is 12.1 Å². The normalized spacial score (nSPS) is 28.4. The number of aryl methyl sites for hydroxylation is 1. The molecule has 21 heavy (non-hydrogen) atoms. The molecular formula is C19H31NO. The molecule has 0 heterocycles. The number of nitrogens with two attached hydrogens (primary N) is 1. The molecule has 0 aromatic heterocycles. The molecular weight excluding hydrogens is 258 g/mol. The van der Waals surface area contributed by atoms with Crippen LogP contribution in [0.25, 0.3) is 0 Å². The zero-order valence-corrected chi connectivity index (χ0v) is 14.0. The fourth-order valence-electron chi connectivity index (χ4n) is 3.75. The summed E-state index contributed by atoms with van der Waals surface area (Å²) in [4.78, 5) is 0. The molecule has 2 rings (SSSR count). The van der Waals surface area contributed by atoms with Crippen molar-refractivity contribution in [1.82, 2.24) is 0 Å². The van der Waals surface area contributed by atoms with Crippen molar-refractivity contribution in [2.45, 2.75) is 59.5 Å². The van der Waals surface area contributed by atoms with Gasteiger partial charge in [0.25, 0.3) is 0 Å². The maximum absolute atomic E-state index is 10.9. The van der Waals surface area contributed by atoms with Crippen LogP contribution in [0.15, 0.2) is 24.3 Å². The van der Waals surface area contributed by atoms with E-state index >= 15 is 0 Å². The minimum Gasteiger partial charge on any atom is -0.388 e. The summed E-state index contributed by atoms with van der Waals surface area (Å²) in [5, 5.41) is 10.9. The highest BCUT2D eigenvalue weighted by molar-refractivity contribution is 5.25. The molecule has 0 spiro atoms. The first-order chi connectivity index (χ1) is 9.78. The first-order valence-electron chi connectivity index (χ1n) is 8.23. The van der Waals surface area contributed by atoms with Crippen molar-refractivity contribution >= 4 is 0 Å². The van der Waals surface area contributed by atoms with E-state index in [9.17, 15) is 5.11 Å². The third-order valence-corrected chi connectivity index (χ3v) is 5.59. The zero-order valence-electron chi connectivity index (χ0n) is 14.0. The SMILES string of the molecule is Cc1ccc(C(O)C2(CN)CCC(C(C)(C)C)CC2)cc1. The second kappa shape index (κ2) is 6.10. The van der Waals surface area contributed by atoms with Gasteiger partial charge in [0.1, 0.15) is 0 Å². The molecule has 1 aliphatic carbocycles. The Morgan fingerprint density at radius 3 is 2.14 bits per heavy atom. The van der Waals surface area contributed by atoms with E-state index in [0.29, 0.717) is 12.0 Å². The zero-order chi connectivity index (χ0) is 15.7. The molecule has 0 saturated heterocycles. The van der Waals surface area contributed by atoms with E-state index in [-0.39, 0.29) is 5.41 Å². The maximum Gasteiger partial charge on any atom is 0.0858 e. The van der Waals surface area contributed by atoms with Crippen LogP contribution < -0.4 is 5.73 Å². The van der Waals surface area contributed by atoms with E-state index in [0.717, 1.165) is 24.3 Å². The van der Waals surface area contributed by atoms with Crippen molar-refractivity contribution in [3.05, 3.63) is 35.4 Å². The van der Waals surface area contributed by atoms with Gasteiger partial charge in [-0.15, -0.1) is 0 Å². The van der Waals surface area contributed by atoms with Crippen molar-refractivity contribution in [1.29, 1.82) is 0 Å². The Balaban J connectivity index is 2.14. The summed E-state index contributed by atoms with van der Waals surface area (Å²) < 4.78 is 0. The van der Waals surface area contributed by atoms with E-state index in [2.05, 4.69) is 39.8 Å². The quantitative estimate of drug-likeness (QED) is 0.875. The van der Waals surface area contributed by atoms with Gasteiger partial charge >= 0.3 is 0 Å². The third-order valence-electron chi connectivity index (χ3n) is 5.59. The van der Waals surface area contributed by atoms with Gasteiger partial charge in [-0.1, -0.05) is 50.6 Å². The van der Waals surface area contributed by atoms with E-state index in [4.69, 9.17) is 5.73 Å². The number of aliphatic hydroxyl groups excluding tert-OH is 1. The maximum atomic E-state index is 10.9. The van der Waals surface area contributed by atoms with Crippen molar-refractivity contribution in [2.24, 2.45) is 22.5 Å². The van der Waals surface area contributed by atoms with Crippen LogP contribution >= 0.6 is 0 Å². The first kappa shape index (κ1) is 16.5. The molecule has 3 N–H and O–H groups in total. The van der Waals surface area contributed by atoms with Gasteiger partial charge in [0.05, 0.1) is 6.10 Å². The minimum atomic E-state index is -0.441. The lowest BCUT2D eigenvalue weighted by atomic mass is 9.61. The molecule has 118 valence electrons. The Bertz CT molecular complexity index is 449. The monoisotopic (exact) mass is 289 g/mol. The topological polar surface area (TPSA) is 46.2 Å². The van der Waals surface area contributed by atoms with Gasteiger partial charge in [-0.05, 0) is 49.5 Å². The van der Waals surface area contributed by atoms with Crippen LogP contribution in [0.3, 0.4) is 0 Å². The molecule has 1 aliphatic rings. The molecule has 0 amide bonds. The molecule has 1 saturated carbocycles. The van der Waals surface area contributed by atoms with Crippen LogP contribution in [0.2, 0.25) is 0 Å². The number of hydrogen-bond donors (Lipinski definition) is 2. The lowest BCUT2D eigenvalue weighted by molar-refractivity contribution is -0.0234. The molecule has 0 bridgehead atoms. The van der Waals surface area contributed by atoms with Crippen molar-refractivity contribution < 1.29 is 5.11 Å². The fraction of sp³-hybridized carbons (Fsp3) is 0.684. The lowest BCUT2D eigenvalue weighted by Gasteiger charge is -2.46. The number of hydrogen-bond acceptors (Lipinski definition) is 2. The summed E-state index contributed by atoms with van der Waals surface area (Å²) in [6, 6.07) is 8.24. The Kier molecular flexibility index (Phi) is 4.79. The summed E-state index contributed by atoms with van der Waals surface area (Å²) in [6.45, 7) is 9.61. The summed E-state index contributed by atoms with van der Waals surface area (Å²) >= 11 is 0. The van der Waals surface area contributed by atoms with Crippen LogP contribution in [0.5, 0.6) is 0 Å². The summed E-state index contributed by atoms with van der Waals surface area (Å²) in [7, 11) is 0. The highest BCUT2D eigenvalue weighted by Crippen LogP contribution is 2.50. The smallest absolute Gasteiger partial charge is 0.0858 e. The molecule has 2 nitrogen and oxygen atoms in total. The first-order valence-corrected chi connectivity index (χ1v) is 8.23. The predicted octanol–water partition coefficient (Wildman–Crippen LogP) is 4.21. The second-order valence-corrected chi connectivity index (χ2v) is 8.02. The molecule has 1 aromatic rings. The number of rotatable bonds is 3. The summed E-state index contributed by atoms with van der Waals surface area (Å²) in [5.41, 5.74) is 8.56. The third kappa shape index (κ3) is 3.49. The van der Waals surface area contributed by atoms with Gasteiger partial charge < -0.3 is 10.8 Å². The largest absolute Gasteiger partial charge is 0.388 e. The standard InChI is InChI=1S/C19H31NO/c1-14-5-7-15(8-6-14)17(21)19(13-20)11-9-16(10-12-19)18(2,3)4/h5-8,16-17,21H,9-13,20H2,1-4H3.